The van der Waals surface area contributed by atoms with E-state index in [1.807, 2.05) is 0 Å². The van der Waals surface area contributed by atoms with E-state index in [9.17, 15) is 9.59 Å². The van der Waals surface area contributed by atoms with Crippen molar-refractivity contribution in [3.8, 4) is 0 Å². The topological polar surface area (TPSA) is 43.4 Å². The zero-order valence-electron chi connectivity index (χ0n) is 19.8. The summed E-state index contributed by atoms with van der Waals surface area (Å²) in [7, 11) is 0. The van der Waals surface area contributed by atoms with Crippen LogP contribution in [0.15, 0.2) is 11.6 Å². The number of carbonyl (C=O) groups is 2. The van der Waals surface area contributed by atoms with Gasteiger partial charge in [-0.25, -0.2) is 0 Å². The Morgan fingerprint density at radius 1 is 1.10 bits per heavy atom. The van der Waals surface area contributed by atoms with Crippen LogP contribution in [0.2, 0.25) is 0 Å². The summed E-state index contributed by atoms with van der Waals surface area (Å²) >= 11 is 0. The maximum absolute atomic E-state index is 12.3. The molecule has 3 fully saturated rings. The highest BCUT2D eigenvalue weighted by Crippen LogP contribution is 2.66. The SMILES string of the molecule is CC(=O)C1=CC[C@@H]2[C@@H]3CC[C@H]4C[C@H](OC(=O)CCC(C)C)CC[C@]4(C)[C@@H]3CC[C@]12C. The van der Waals surface area contributed by atoms with Crippen LogP contribution < -0.4 is 0 Å². The first-order valence-corrected chi connectivity index (χ1v) is 12.6. The van der Waals surface area contributed by atoms with Crippen LogP contribution in [0.5, 0.6) is 0 Å². The molecule has 0 aromatic heterocycles. The van der Waals surface area contributed by atoms with Gasteiger partial charge >= 0.3 is 5.97 Å². The van der Waals surface area contributed by atoms with Gasteiger partial charge in [-0.1, -0.05) is 33.8 Å². The molecular formula is C27H42O3. The summed E-state index contributed by atoms with van der Waals surface area (Å²) in [5.74, 6) is 3.70. The van der Waals surface area contributed by atoms with Gasteiger partial charge in [-0.2, -0.15) is 0 Å². The van der Waals surface area contributed by atoms with Crippen LogP contribution in [0.4, 0.5) is 0 Å². The predicted molar refractivity (Wildman–Crippen MR) is 120 cm³/mol. The second-order valence-corrected chi connectivity index (χ2v) is 11.8. The molecule has 3 saturated carbocycles. The molecule has 0 aliphatic heterocycles. The lowest BCUT2D eigenvalue weighted by Crippen LogP contribution is -2.54. The molecular weight excluding hydrogens is 372 g/mol. The van der Waals surface area contributed by atoms with Crippen LogP contribution in [-0.4, -0.2) is 17.9 Å². The number of carbonyl (C=O) groups excluding carboxylic acids is 2. The first kappa shape index (κ1) is 22.1. The number of hydrogen-bond donors (Lipinski definition) is 0. The van der Waals surface area contributed by atoms with Crippen molar-refractivity contribution in [2.24, 2.45) is 40.4 Å². The first-order chi connectivity index (χ1) is 14.1. The highest BCUT2D eigenvalue weighted by molar-refractivity contribution is 5.95. The van der Waals surface area contributed by atoms with E-state index < -0.39 is 0 Å². The third kappa shape index (κ3) is 3.69. The lowest BCUT2D eigenvalue weighted by atomic mass is 9.44. The summed E-state index contributed by atoms with van der Waals surface area (Å²) in [5.41, 5.74) is 1.61. The molecule has 3 nitrogen and oxygen atoms in total. The smallest absolute Gasteiger partial charge is 0.306 e. The molecule has 0 aromatic rings. The van der Waals surface area contributed by atoms with E-state index in [1.54, 1.807) is 6.92 Å². The Morgan fingerprint density at radius 3 is 2.57 bits per heavy atom. The number of fused-ring (bicyclic) bond motifs is 5. The lowest BCUT2D eigenvalue weighted by molar-refractivity contribution is -0.161. The summed E-state index contributed by atoms with van der Waals surface area (Å²) in [5, 5.41) is 0. The van der Waals surface area contributed by atoms with Gasteiger partial charge in [0.05, 0.1) is 0 Å². The molecule has 0 saturated heterocycles. The second-order valence-electron chi connectivity index (χ2n) is 11.8. The minimum atomic E-state index is 0.00761. The number of Topliss-reactive ketones (excluding diaryl/α,β-unsaturated/α-hetero) is 1. The van der Waals surface area contributed by atoms with Crippen molar-refractivity contribution in [2.45, 2.75) is 105 Å². The van der Waals surface area contributed by atoms with Crippen molar-refractivity contribution in [1.29, 1.82) is 0 Å². The minimum Gasteiger partial charge on any atom is -0.462 e. The van der Waals surface area contributed by atoms with Crippen LogP contribution in [0.25, 0.3) is 0 Å². The van der Waals surface area contributed by atoms with Gasteiger partial charge in [-0.15, -0.1) is 0 Å². The molecule has 7 atom stereocenters. The number of rotatable bonds is 5. The summed E-state index contributed by atoms with van der Waals surface area (Å²) in [4.78, 5) is 24.5. The zero-order valence-corrected chi connectivity index (χ0v) is 19.8. The minimum absolute atomic E-state index is 0.00761. The van der Waals surface area contributed by atoms with Crippen LogP contribution in [0.3, 0.4) is 0 Å². The van der Waals surface area contributed by atoms with Gasteiger partial charge in [0, 0.05) is 6.42 Å². The highest BCUT2D eigenvalue weighted by Gasteiger charge is 2.59. The van der Waals surface area contributed by atoms with E-state index in [1.165, 1.54) is 32.1 Å². The molecule has 3 heteroatoms. The number of ketones is 1. The fourth-order valence-electron chi connectivity index (χ4n) is 8.09. The van der Waals surface area contributed by atoms with Crippen molar-refractivity contribution < 1.29 is 14.3 Å². The predicted octanol–water partition coefficient (Wildman–Crippen LogP) is 6.50. The second kappa shape index (κ2) is 8.10. The number of ether oxygens (including phenoxy) is 1. The van der Waals surface area contributed by atoms with Crippen LogP contribution >= 0.6 is 0 Å². The molecule has 0 spiro atoms. The molecule has 0 heterocycles. The molecule has 0 radical (unpaired) electrons. The van der Waals surface area contributed by atoms with E-state index >= 15 is 0 Å². The van der Waals surface area contributed by atoms with Crippen molar-refractivity contribution >= 4 is 11.8 Å². The van der Waals surface area contributed by atoms with E-state index in [2.05, 4.69) is 33.8 Å². The van der Waals surface area contributed by atoms with Crippen molar-refractivity contribution in [2.75, 3.05) is 0 Å². The van der Waals surface area contributed by atoms with Gasteiger partial charge in [0.15, 0.2) is 5.78 Å². The van der Waals surface area contributed by atoms with E-state index in [0.717, 1.165) is 43.1 Å². The van der Waals surface area contributed by atoms with Crippen LogP contribution in [0.1, 0.15) is 98.8 Å². The van der Waals surface area contributed by atoms with Gasteiger partial charge in [0.25, 0.3) is 0 Å². The molecule has 4 rings (SSSR count). The summed E-state index contributed by atoms with van der Waals surface area (Å²) in [6.07, 6.45) is 13.3. The number of esters is 1. The standard InChI is InChI=1S/C27H42O3/c1-17(2)6-11-25(29)30-20-12-14-26(4)19(16-20)7-8-21-23-10-9-22(18(3)28)27(23,5)15-13-24(21)26/h9,17,19-21,23-24H,6-8,10-16H2,1-5H3/t19-,20+,21-,23+,24+,26-,27+/m0/s1. The maximum Gasteiger partial charge on any atom is 0.306 e. The monoisotopic (exact) mass is 414 g/mol. The number of hydrogen-bond acceptors (Lipinski definition) is 3. The van der Waals surface area contributed by atoms with E-state index in [-0.39, 0.29) is 23.3 Å². The molecule has 4 aliphatic carbocycles. The highest BCUT2D eigenvalue weighted by atomic mass is 16.5. The Bertz CT molecular complexity index is 722. The van der Waals surface area contributed by atoms with Gasteiger partial charge < -0.3 is 4.74 Å². The number of allylic oxidation sites excluding steroid dienone is 2. The van der Waals surface area contributed by atoms with E-state index in [0.29, 0.717) is 29.6 Å². The van der Waals surface area contributed by atoms with E-state index in [4.69, 9.17) is 4.74 Å². The summed E-state index contributed by atoms with van der Waals surface area (Å²) in [6.45, 7) is 11.0. The molecule has 0 aromatic carbocycles. The largest absolute Gasteiger partial charge is 0.462 e. The van der Waals surface area contributed by atoms with Crippen molar-refractivity contribution in [1.82, 2.24) is 0 Å². The average molecular weight is 415 g/mol. The van der Waals surface area contributed by atoms with Crippen molar-refractivity contribution in [3.63, 3.8) is 0 Å². The third-order valence-corrected chi connectivity index (χ3v) is 9.80. The Hall–Kier alpha value is -1.12. The third-order valence-electron chi connectivity index (χ3n) is 9.80. The van der Waals surface area contributed by atoms with Gasteiger partial charge in [0.1, 0.15) is 6.10 Å². The Balaban J connectivity index is 1.42. The zero-order chi connectivity index (χ0) is 21.7. The molecule has 168 valence electrons. The fraction of sp³-hybridized carbons (Fsp3) is 0.852. The molecule has 30 heavy (non-hydrogen) atoms. The fourth-order valence-corrected chi connectivity index (χ4v) is 8.09. The summed E-state index contributed by atoms with van der Waals surface area (Å²) < 4.78 is 5.91. The molecule has 0 amide bonds. The van der Waals surface area contributed by atoms with Gasteiger partial charge in [0.2, 0.25) is 0 Å². The first-order valence-electron chi connectivity index (χ1n) is 12.6. The Labute approximate surface area is 183 Å². The van der Waals surface area contributed by atoms with Crippen LogP contribution in [0, 0.1) is 40.4 Å². The normalized spacial score (nSPS) is 42.7. The quantitative estimate of drug-likeness (QED) is 0.482. The molecule has 0 bridgehead atoms. The maximum atomic E-state index is 12.3. The average Bonchev–Trinajstić information content (AvgIpc) is 3.04. The Morgan fingerprint density at radius 2 is 1.87 bits per heavy atom. The molecule has 0 N–H and O–H groups in total. The van der Waals surface area contributed by atoms with Gasteiger partial charge in [-0.3, -0.25) is 9.59 Å². The van der Waals surface area contributed by atoms with Crippen LogP contribution in [-0.2, 0) is 14.3 Å². The lowest BCUT2D eigenvalue weighted by Gasteiger charge is -2.60. The Kier molecular flexibility index (Phi) is 5.96. The summed E-state index contributed by atoms with van der Waals surface area (Å²) in [6, 6.07) is 0. The van der Waals surface area contributed by atoms with Gasteiger partial charge in [-0.05, 0) is 111 Å². The molecule has 0 unspecified atom stereocenters. The molecule has 4 aliphatic rings. The van der Waals surface area contributed by atoms with Crippen molar-refractivity contribution in [3.05, 3.63) is 11.6 Å².